The fourth-order valence-corrected chi connectivity index (χ4v) is 2.48. The Balaban J connectivity index is 2.42. The van der Waals surface area contributed by atoms with Crippen LogP contribution in [0, 0.1) is 4.91 Å². The maximum atomic E-state index is 11.4. The van der Waals surface area contributed by atoms with E-state index in [1.807, 2.05) is 0 Å². The van der Waals surface area contributed by atoms with Gasteiger partial charge in [-0.3, -0.25) is 4.79 Å². The number of thiocarbonyl (C=S) groups is 1. The van der Waals surface area contributed by atoms with Gasteiger partial charge >= 0.3 is 0 Å². The van der Waals surface area contributed by atoms with Crippen LogP contribution in [0.15, 0.2) is 28.3 Å². The Bertz CT molecular complexity index is 557. The number of rotatable bonds is 2. The van der Waals surface area contributed by atoms with E-state index >= 15 is 0 Å². The molecule has 0 saturated carbocycles. The summed E-state index contributed by atoms with van der Waals surface area (Å²) in [6.45, 7) is 0. The third-order valence-electron chi connectivity index (χ3n) is 2.02. The van der Waals surface area contributed by atoms with Crippen molar-refractivity contribution in [2.24, 2.45) is 5.18 Å². The fourth-order valence-electron chi connectivity index (χ4n) is 1.28. The highest BCUT2D eigenvalue weighted by Crippen LogP contribution is 2.30. The van der Waals surface area contributed by atoms with Crippen LogP contribution >= 0.6 is 35.6 Å². The third kappa shape index (κ3) is 2.71. The van der Waals surface area contributed by atoms with Crippen molar-refractivity contribution in [3.05, 3.63) is 38.6 Å². The van der Waals surface area contributed by atoms with Crippen LogP contribution in [0.25, 0.3) is 6.08 Å². The third-order valence-corrected chi connectivity index (χ3v) is 3.42. The van der Waals surface area contributed by atoms with Crippen LogP contribution < -0.4 is 5.32 Å². The number of halogens is 1. The molecule has 1 saturated heterocycles. The van der Waals surface area contributed by atoms with Gasteiger partial charge in [-0.15, -0.1) is 4.91 Å². The van der Waals surface area contributed by atoms with E-state index in [1.54, 1.807) is 18.2 Å². The van der Waals surface area contributed by atoms with Gasteiger partial charge in [0.15, 0.2) is 0 Å². The Morgan fingerprint density at radius 3 is 2.82 bits per heavy atom. The van der Waals surface area contributed by atoms with E-state index in [4.69, 9.17) is 23.8 Å². The normalized spacial score (nSPS) is 17.4. The predicted molar refractivity (Wildman–Crippen MR) is 73.2 cm³/mol. The van der Waals surface area contributed by atoms with Crippen LogP contribution in [0.5, 0.6) is 0 Å². The second kappa shape index (κ2) is 4.95. The summed E-state index contributed by atoms with van der Waals surface area (Å²) >= 11 is 11.7. The van der Waals surface area contributed by atoms with Crippen molar-refractivity contribution in [1.29, 1.82) is 0 Å². The molecular weight excluding hydrogens is 280 g/mol. The van der Waals surface area contributed by atoms with E-state index in [2.05, 4.69) is 10.5 Å². The van der Waals surface area contributed by atoms with E-state index in [0.717, 1.165) is 11.8 Å². The van der Waals surface area contributed by atoms with E-state index in [0.29, 0.717) is 19.8 Å². The van der Waals surface area contributed by atoms with Crippen LogP contribution in [0.3, 0.4) is 0 Å². The van der Waals surface area contributed by atoms with Crippen molar-refractivity contribution >= 4 is 57.6 Å². The largest absolute Gasteiger partial charge is 0.307 e. The summed E-state index contributed by atoms with van der Waals surface area (Å²) in [5, 5.41) is 5.77. The molecule has 17 heavy (non-hydrogen) atoms. The van der Waals surface area contributed by atoms with Crippen molar-refractivity contribution in [2.75, 3.05) is 0 Å². The molecule has 7 heteroatoms. The molecule has 1 N–H and O–H groups in total. The number of nitrogens with one attached hydrogen (secondary N) is 1. The fraction of sp³-hybridized carbons (Fsp3) is 0. The van der Waals surface area contributed by atoms with Crippen molar-refractivity contribution < 1.29 is 4.79 Å². The van der Waals surface area contributed by atoms with Crippen LogP contribution in [-0.2, 0) is 4.79 Å². The summed E-state index contributed by atoms with van der Waals surface area (Å²) in [4.78, 5) is 22.5. The number of carbonyl (C=O) groups is 1. The van der Waals surface area contributed by atoms with Gasteiger partial charge in [0.05, 0.1) is 4.91 Å². The van der Waals surface area contributed by atoms with Crippen LogP contribution in [0.2, 0.25) is 5.02 Å². The van der Waals surface area contributed by atoms with Gasteiger partial charge in [0.2, 0.25) is 0 Å². The highest BCUT2D eigenvalue weighted by Gasteiger charge is 2.22. The second-order valence-electron chi connectivity index (χ2n) is 3.15. The molecule has 0 radical (unpaired) electrons. The molecule has 0 spiro atoms. The van der Waals surface area contributed by atoms with Gasteiger partial charge in [-0.2, -0.15) is 0 Å². The minimum atomic E-state index is -0.271. The molecule has 1 amide bonds. The maximum Gasteiger partial charge on any atom is 0.263 e. The monoisotopic (exact) mass is 284 g/mol. The SMILES string of the molecule is O=Nc1cc(Cl)ccc1/C=C1\SC(=S)NC1=O. The summed E-state index contributed by atoms with van der Waals surface area (Å²) in [6, 6.07) is 4.69. The lowest BCUT2D eigenvalue weighted by atomic mass is 10.1. The molecule has 1 aliphatic rings. The minimum absolute atomic E-state index is 0.191. The van der Waals surface area contributed by atoms with Gasteiger partial charge in [0.1, 0.15) is 10.0 Å². The van der Waals surface area contributed by atoms with Gasteiger partial charge in [-0.25, -0.2) is 0 Å². The second-order valence-corrected chi connectivity index (χ2v) is 5.30. The summed E-state index contributed by atoms with van der Waals surface area (Å²) in [5.74, 6) is -0.271. The number of carbonyl (C=O) groups excluding carboxylic acids is 1. The van der Waals surface area contributed by atoms with Crippen molar-refractivity contribution in [1.82, 2.24) is 5.32 Å². The minimum Gasteiger partial charge on any atom is -0.307 e. The highest BCUT2D eigenvalue weighted by molar-refractivity contribution is 8.26. The topological polar surface area (TPSA) is 58.5 Å². The van der Waals surface area contributed by atoms with Gasteiger partial charge in [0, 0.05) is 10.6 Å². The van der Waals surface area contributed by atoms with E-state index in [-0.39, 0.29) is 11.6 Å². The number of nitrogens with zero attached hydrogens (tertiary/aromatic N) is 1. The molecule has 4 nitrogen and oxygen atoms in total. The summed E-state index contributed by atoms with van der Waals surface area (Å²) in [7, 11) is 0. The number of amides is 1. The molecule has 1 fully saturated rings. The lowest BCUT2D eigenvalue weighted by Crippen LogP contribution is -2.17. The lowest BCUT2D eigenvalue weighted by Gasteiger charge is -1.99. The van der Waals surface area contributed by atoms with Crippen molar-refractivity contribution in [2.45, 2.75) is 0 Å². The lowest BCUT2D eigenvalue weighted by molar-refractivity contribution is -0.115. The zero-order chi connectivity index (χ0) is 12.4. The zero-order valence-corrected chi connectivity index (χ0v) is 10.7. The average Bonchev–Trinajstić information content (AvgIpc) is 2.60. The number of hydrogen-bond donors (Lipinski definition) is 1. The average molecular weight is 285 g/mol. The molecule has 0 aromatic heterocycles. The molecule has 1 aromatic carbocycles. The molecule has 1 aliphatic heterocycles. The van der Waals surface area contributed by atoms with Crippen LogP contribution in [0.4, 0.5) is 5.69 Å². The van der Waals surface area contributed by atoms with Gasteiger partial charge < -0.3 is 5.32 Å². The molecule has 86 valence electrons. The maximum absolute atomic E-state index is 11.4. The van der Waals surface area contributed by atoms with Gasteiger partial charge in [-0.1, -0.05) is 41.6 Å². The number of nitroso groups, excluding NO2 is 1. The molecule has 1 aromatic rings. The zero-order valence-electron chi connectivity index (χ0n) is 8.27. The Morgan fingerprint density at radius 1 is 1.47 bits per heavy atom. The predicted octanol–water partition coefficient (Wildman–Crippen LogP) is 3.23. The first-order valence-electron chi connectivity index (χ1n) is 4.48. The van der Waals surface area contributed by atoms with Crippen LogP contribution in [0.1, 0.15) is 5.56 Å². The Morgan fingerprint density at radius 2 is 2.24 bits per heavy atom. The smallest absolute Gasteiger partial charge is 0.263 e. The molecule has 0 bridgehead atoms. The first-order chi connectivity index (χ1) is 8.10. The summed E-state index contributed by atoms with van der Waals surface area (Å²) in [6.07, 6.45) is 1.56. The first-order valence-corrected chi connectivity index (χ1v) is 6.08. The first kappa shape index (κ1) is 12.2. The molecular formula is C10H5ClN2O2S2. The Labute approximate surface area is 111 Å². The molecule has 0 aliphatic carbocycles. The van der Waals surface area contributed by atoms with Gasteiger partial charge in [-0.05, 0) is 23.4 Å². The van der Waals surface area contributed by atoms with Crippen molar-refractivity contribution in [3.8, 4) is 0 Å². The van der Waals surface area contributed by atoms with E-state index in [1.165, 1.54) is 6.07 Å². The summed E-state index contributed by atoms with van der Waals surface area (Å²) in [5.41, 5.74) is 0.725. The molecule has 0 atom stereocenters. The number of benzene rings is 1. The van der Waals surface area contributed by atoms with Crippen LogP contribution in [-0.4, -0.2) is 10.2 Å². The van der Waals surface area contributed by atoms with E-state index in [9.17, 15) is 9.70 Å². The Hall–Kier alpha value is -1.24. The number of thioether (sulfide) groups is 1. The number of hydrogen-bond acceptors (Lipinski definition) is 5. The molecule has 2 rings (SSSR count). The quantitative estimate of drug-likeness (QED) is 0.515. The Kier molecular flexibility index (Phi) is 3.56. The highest BCUT2D eigenvalue weighted by atomic mass is 35.5. The molecule has 1 heterocycles. The van der Waals surface area contributed by atoms with Crippen molar-refractivity contribution in [3.63, 3.8) is 0 Å². The standard InChI is InChI=1S/C10H5ClN2O2S2/c11-6-2-1-5(7(4-6)13-15)3-8-9(14)12-10(16)17-8/h1-4H,(H,12,14,16)/b8-3-. The van der Waals surface area contributed by atoms with Gasteiger partial charge in [0.25, 0.3) is 5.91 Å². The summed E-state index contributed by atoms with van der Waals surface area (Å²) < 4.78 is 0.399. The molecule has 0 unspecified atom stereocenters. The van der Waals surface area contributed by atoms with E-state index < -0.39 is 0 Å².